The van der Waals surface area contributed by atoms with Crippen LogP contribution in [0.3, 0.4) is 0 Å². The van der Waals surface area contributed by atoms with Crippen LogP contribution in [0.15, 0.2) is 24.3 Å². The van der Waals surface area contributed by atoms with Crippen LogP contribution in [0.25, 0.3) is 0 Å². The van der Waals surface area contributed by atoms with E-state index in [-0.39, 0.29) is 24.0 Å². The third-order valence-corrected chi connectivity index (χ3v) is 3.66. The average molecular weight is 259 g/mol. The molecule has 2 heterocycles. The number of imide groups is 1. The maximum atomic E-state index is 12.4. The van der Waals surface area contributed by atoms with Crippen LogP contribution in [-0.2, 0) is 4.74 Å². The zero-order valence-corrected chi connectivity index (χ0v) is 11.1. The van der Waals surface area contributed by atoms with Crippen LogP contribution < -0.4 is 0 Å². The van der Waals surface area contributed by atoms with Gasteiger partial charge in [-0.05, 0) is 24.5 Å². The molecule has 0 aliphatic carbocycles. The molecule has 0 radical (unpaired) electrons. The molecule has 2 amide bonds. The number of hydrogen-bond donors (Lipinski definition) is 0. The topological polar surface area (TPSA) is 49.9 Å². The second kappa shape index (κ2) is 4.46. The Bertz CT molecular complexity index is 499. The fraction of sp³-hybridized carbons (Fsp3) is 0.467. The number of nitrogens with zero attached hydrogens (tertiary/aromatic N) is 1. The molecule has 1 saturated heterocycles. The van der Waals surface area contributed by atoms with Crippen molar-refractivity contribution >= 4 is 11.8 Å². The fourth-order valence-electron chi connectivity index (χ4n) is 2.69. The number of rotatable bonds is 4. The predicted octanol–water partition coefficient (Wildman–Crippen LogP) is 2.10. The Balaban J connectivity index is 1.93. The summed E-state index contributed by atoms with van der Waals surface area (Å²) in [5, 5.41) is 0. The number of hydrogen-bond acceptors (Lipinski definition) is 3. The molecule has 0 spiro atoms. The van der Waals surface area contributed by atoms with Gasteiger partial charge in [0.15, 0.2) is 0 Å². The van der Waals surface area contributed by atoms with Gasteiger partial charge >= 0.3 is 0 Å². The van der Waals surface area contributed by atoms with Crippen LogP contribution >= 0.6 is 0 Å². The third-order valence-electron chi connectivity index (χ3n) is 3.66. The van der Waals surface area contributed by atoms with Crippen molar-refractivity contribution in [3.63, 3.8) is 0 Å². The first kappa shape index (κ1) is 12.4. The lowest BCUT2D eigenvalue weighted by atomic mass is 10.00. The van der Waals surface area contributed by atoms with Crippen molar-refractivity contribution < 1.29 is 14.3 Å². The molecule has 3 rings (SSSR count). The van der Waals surface area contributed by atoms with Gasteiger partial charge in [-0.15, -0.1) is 0 Å². The summed E-state index contributed by atoms with van der Waals surface area (Å²) in [5.74, 6) is 0.0574. The summed E-state index contributed by atoms with van der Waals surface area (Å²) < 4.78 is 5.33. The molecule has 19 heavy (non-hydrogen) atoms. The smallest absolute Gasteiger partial charge is 0.261 e. The van der Waals surface area contributed by atoms with Crippen LogP contribution in [0.1, 0.15) is 41.0 Å². The van der Waals surface area contributed by atoms with Crippen molar-refractivity contribution in [2.45, 2.75) is 32.4 Å². The van der Waals surface area contributed by atoms with Crippen LogP contribution in [0, 0.1) is 5.92 Å². The maximum absolute atomic E-state index is 12.4. The van der Waals surface area contributed by atoms with Crippen LogP contribution in [0.2, 0.25) is 0 Å². The number of benzene rings is 1. The fourth-order valence-corrected chi connectivity index (χ4v) is 2.69. The van der Waals surface area contributed by atoms with E-state index in [2.05, 4.69) is 13.8 Å². The number of fused-ring (bicyclic) bond motifs is 1. The quantitative estimate of drug-likeness (QED) is 0.614. The molecular weight excluding hydrogens is 242 g/mol. The van der Waals surface area contributed by atoms with Crippen molar-refractivity contribution in [1.82, 2.24) is 4.90 Å². The van der Waals surface area contributed by atoms with Crippen LogP contribution in [0.5, 0.6) is 0 Å². The molecule has 4 nitrogen and oxygen atoms in total. The van der Waals surface area contributed by atoms with Crippen LogP contribution in [0.4, 0.5) is 0 Å². The van der Waals surface area contributed by atoms with Gasteiger partial charge in [-0.1, -0.05) is 26.0 Å². The van der Waals surface area contributed by atoms with Gasteiger partial charge < -0.3 is 4.74 Å². The third kappa shape index (κ3) is 2.06. The first-order valence-electron chi connectivity index (χ1n) is 6.68. The minimum Gasteiger partial charge on any atom is -0.371 e. The van der Waals surface area contributed by atoms with E-state index in [0.29, 0.717) is 23.7 Å². The van der Waals surface area contributed by atoms with E-state index in [1.807, 2.05) is 0 Å². The second-order valence-electron chi connectivity index (χ2n) is 5.59. The summed E-state index contributed by atoms with van der Waals surface area (Å²) in [5.41, 5.74) is 1.03. The highest BCUT2D eigenvalue weighted by Gasteiger charge is 2.46. The SMILES string of the molecule is CC(C)C[C@H]([C@@H]1CO1)N1C(=O)c2ccccc2C1=O. The molecule has 0 unspecified atom stereocenters. The standard InChI is InChI=1S/C15H17NO3/c1-9(2)7-12(13-8-19-13)16-14(17)10-5-3-4-6-11(10)15(16)18/h3-6,9,12-13H,7-8H2,1-2H3/t12-,13+/m1/s1. The Morgan fingerprint density at radius 3 is 2.16 bits per heavy atom. The van der Waals surface area contributed by atoms with Gasteiger partial charge in [-0.25, -0.2) is 0 Å². The summed E-state index contributed by atoms with van der Waals surface area (Å²) in [6.45, 7) is 4.83. The molecule has 0 N–H and O–H groups in total. The molecule has 0 saturated carbocycles. The van der Waals surface area contributed by atoms with Crippen molar-refractivity contribution in [1.29, 1.82) is 0 Å². The monoisotopic (exact) mass is 259 g/mol. The van der Waals surface area contributed by atoms with Crippen molar-refractivity contribution in [3.05, 3.63) is 35.4 Å². The Labute approximate surface area is 112 Å². The highest BCUT2D eigenvalue weighted by Crippen LogP contribution is 2.32. The Morgan fingerprint density at radius 1 is 1.21 bits per heavy atom. The lowest BCUT2D eigenvalue weighted by Gasteiger charge is -2.26. The molecule has 0 aromatic heterocycles. The van der Waals surface area contributed by atoms with Crippen molar-refractivity contribution in [2.24, 2.45) is 5.92 Å². The van der Waals surface area contributed by atoms with E-state index in [1.165, 1.54) is 4.90 Å². The molecule has 0 bridgehead atoms. The van der Waals surface area contributed by atoms with Gasteiger partial charge in [0, 0.05) is 0 Å². The minimum absolute atomic E-state index is 0.0182. The van der Waals surface area contributed by atoms with Gasteiger partial charge in [-0.3, -0.25) is 14.5 Å². The number of carbonyl (C=O) groups excluding carboxylic acids is 2. The molecule has 4 heteroatoms. The number of ether oxygens (including phenoxy) is 1. The Hall–Kier alpha value is -1.68. The largest absolute Gasteiger partial charge is 0.371 e. The molecule has 1 fully saturated rings. The van der Waals surface area contributed by atoms with Crippen molar-refractivity contribution in [3.8, 4) is 0 Å². The summed E-state index contributed by atoms with van der Waals surface area (Å²) in [4.78, 5) is 26.2. The van der Waals surface area contributed by atoms with E-state index in [9.17, 15) is 9.59 Å². The first-order valence-corrected chi connectivity index (χ1v) is 6.68. The summed E-state index contributed by atoms with van der Waals surface area (Å²) in [6.07, 6.45) is 0.806. The average Bonchev–Trinajstić information content (AvgIpc) is 3.18. The zero-order chi connectivity index (χ0) is 13.6. The summed E-state index contributed by atoms with van der Waals surface area (Å²) in [7, 11) is 0. The first-order chi connectivity index (χ1) is 9.09. The van der Waals surface area contributed by atoms with Gasteiger partial charge in [0.05, 0.1) is 23.8 Å². The maximum Gasteiger partial charge on any atom is 0.261 e. The number of amides is 2. The zero-order valence-electron chi connectivity index (χ0n) is 11.1. The number of carbonyl (C=O) groups is 2. The molecule has 1 aromatic rings. The highest BCUT2D eigenvalue weighted by molar-refractivity contribution is 6.21. The lowest BCUT2D eigenvalue weighted by Crippen LogP contribution is -2.44. The number of epoxide rings is 1. The molecule has 2 atom stereocenters. The van der Waals surface area contributed by atoms with E-state index in [0.717, 1.165) is 6.42 Å². The van der Waals surface area contributed by atoms with E-state index in [1.54, 1.807) is 24.3 Å². The van der Waals surface area contributed by atoms with Gasteiger partial charge in [0.2, 0.25) is 0 Å². The van der Waals surface area contributed by atoms with Gasteiger partial charge in [0.25, 0.3) is 11.8 Å². The second-order valence-corrected chi connectivity index (χ2v) is 5.59. The molecule has 100 valence electrons. The summed E-state index contributed by atoms with van der Waals surface area (Å²) >= 11 is 0. The molecule has 2 aliphatic heterocycles. The van der Waals surface area contributed by atoms with Gasteiger partial charge in [-0.2, -0.15) is 0 Å². The molecule has 2 aliphatic rings. The van der Waals surface area contributed by atoms with E-state index in [4.69, 9.17) is 4.74 Å². The minimum atomic E-state index is -0.179. The molecule has 1 aromatic carbocycles. The van der Waals surface area contributed by atoms with Gasteiger partial charge in [0.1, 0.15) is 6.10 Å². The summed E-state index contributed by atoms with van der Waals surface area (Å²) in [6, 6.07) is 6.88. The van der Waals surface area contributed by atoms with E-state index >= 15 is 0 Å². The highest BCUT2D eigenvalue weighted by atomic mass is 16.6. The lowest BCUT2D eigenvalue weighted by molar-refractivity contribution is 0.0534. The predicted molar refractivity (Wildman–Crippen MR) is 69.9 cm³/mol. The van der Waals surface area contributed by atoms with Crippen LogP contribution in [-0.4, -0.2) is 35.5 Å². The molecular formula is C15H17NO3. The normalized spacial score (nSPS) is 22.9. The van der Waals surface area contributed by atoms with Crippen molar-refractivity contribution in [2.75, 3.05) is 6.61 Å². The Morgan fingerprint density at radius 2 is 1.74 bits per heavy atom. The Kier molecular flexibility index (Phi) is 2.90. The van der Waals surface area contributed by atoms with E-state index < -0.39 is 0 Å².